The van der Waals surface area contributed by atoms with Crippen LogP contribution in [0.4, 0.5) is 0 Å². The Morgan fingerprint density at radius 2 is 1.90 bits per heavy atom. The van der Waals surface area contributed by atoms with E-state index in [1.54, 1.807) is 11.5 Å². The van der Waals surface area contributed by atoms with Gasteiger partial charge in [-0.15, -0.1) is 0 Å². The minimum atomic E-state index is -0.691. The monoisotopic (exact) mass is 422 g/mol. The predicted octanol–water partition coefficient (Wildman–Crippen LogP) is 2.86. The molecule has 0 unspecified atom stereocenters. The number of hydrogen-bond donors (Lipinski definition) is 0. The highest BCUT2D eigenvalue weighted by Gasteiger charge is 2.54. The number of carbonyl (C=O) groups excluding carboxylic acids is 2. The second-order valence-electron chi connectivity index (χ2n) is 8.75. The SMILES string of the molecule is CCOC(=O)c1cn2c(c(OCc3ccccc3)c1=O)C(=O)N1[C@@H]3C[C@@H](C[C@@H]3C)[C@@H]1C2. The first-order chi connectivity index (χ1) is 15.0. The van der Waals surface area contributed by atoms with Crippen LogP contribution in [0.1, 0.15) is 53.1 Å². The van der Waals surface area contributed by atoms with Crippen LogP contribution in [0.25, 0.3) is 0 Å². The van der Waals surface area contributed by atoms with Crippen molar-refractivity contribution in [3.8, 4) is 5.75 Å². The van der Waals surface area contributed by atoms with Crippen molar-refractivity contribution in [1.82, 2.24) is 9.47 Å². The Balaban J connectivity index is 1.59. The van der Waals surface area contributed by atoms with Crippen molar-refractivity contribution in [2.24, 2.45) is 11.8 Å². The fourth-order valence-electron chi connectivity index (χ4n) is 5.53. The van der Waals surface area contributed by atoms with Gasteiger partial charge in [-0.3, -0.25) is 9.59 Å². The number of fused-ring (bicyclic) bond motifs is 6. The Morgan fingerprint density at radius 3 is 2.65 bits per heavy atom. The molecule has 2 aliphatic heterocycles. The molecule has 1 saturated heterocycles. The van der Waals surface area contributed by atoms with E-state index in [0.717, 1.165) is 18.4 Å². The number of hydrogen-bond acceptors (Lipinski definition) is 5. The Kier molecular flexibility index (Phi) is 4.84. The third-order valence-electron chi connectivity index (χ3n) is 6.91. The second kappa shape index (κ2) is 7.55. The van der Waals surface area contributed by atoms with Crippen LogP contribution in [0.2, 0.25) is 0 Å². The standard InChI is InChI=1S/C24H26N2O5/c1-3-30-24(29)17-11-25-12-19-16-9-14(2)18(10-16)26(19)23(28)20(25)22(21(17)27)31-13-15-7-5-4-6-8-15/h4-8,11,14,16,18-19H,3,9-10,12-13H2,1-2H3/t14-,16+,18+,19-/m0/s1. The van der Waals surface area contributed by atoms with Crippen LogP contribution in [0.3, 0.4) is 0 Å². The lowest BCUT2D eigenvalue weighted by Gasteiger charge is -2.43. The van der Waals surface area contributed by atoms with Crippen LogP contribution >= 0.6 is 0 Å². The van der Waals surface area contributed by atoms with Gasteiger partial charge in [-0.1, -0.05) is 37.3 Å². The summed E-state index contributed by atoms with van der Waals surface area (Å²) >= 11 is 0. The molecule has 3 aliphatic rings. The maximum absolute atomic E-state index is 13.6. The van der Waals surface area contributed by atoms with Gasteiger partial charge in [-0.25, -0.2) is 4.79 Å². The first-order valence-corrected chi connectivity index (χ1v) is 10.9. The van der Waals surface area contributed by atoms with Gasteiger partial charge in [0.1, 0.15) is 12.2 Å². The zero-order valence-corrected chi connectivity index (χ0v) is 17.7. The summed E-state index contributed by atoms with van der Waals surface area (Å²) in [5, 5.41) is 0. The highest BCUT2D eigenvalue weighted by molar-refractivity contribution is 5.98. The molecule has 31 heavy (non-hydrogen) atoms. The summed E-state index contributed by atoms with van der Waals surface area (Å²) < 4.78 is 12.8. The molecule has 5 rings (SSSR count). The zero-order chi connectivity index (χ0) is 21.7. The number of amides is 1. The van der Waals surface area contributed by atoms with Crippen LogP contribution < -0.4 is 10.2 Å². The maximum atomic E-state index is 13.6. The molecule has 2 aromatic rings. The summed E-state index contributed by atoms with van der Waals surface area (Å²) in [4.78, 5) is 41.3. The molecule has 1 saturated carbocycles. The summed E-state index contributed by atoms with van der Waals surface area (Å²) in [6.45, 7) is 4.74. The Hall–Kier alpha value is -3.09. The van der Waals surface area contributed by atoms with E-state index in [4.69, 9.17) is 9.47 Å². The van der Waals surface area contributed by atoms with E-state index >= 15 is 0 Å². The van der Waals surface area contributed by atoms with E-state index in [2.05, 4.69) is 6.92 Å². The molecule has 2 bridgehead atoms. The summed E-state index contributed by atoms with van der Waals surface area (Å²) in [5.41, 5.74) is 0.429. The van der Waals surface area contributed by atoms with Crippen molar-refractivity contribution in [1.29, 1.82) is 0 Å². The molecular formula is C24H26N2O5. The maximum Gasteiger partial charge on any atom is 0.343 e. The number of nitrogens with zero attached hydrogens (tertiary/aromatic N) is 2. The van der Waals surface area contributed by atoms with Gasteiger partial charge >= 0.3 is 5.97 Å². The van der Waals surface area contributed by atoms with Gasteiger partial charge in [0.25, 0.3) is 5.91 Å². The topological polar surface area (TPSA) is 77.8 Å². The minimum absolute atomic E-state index is 0.0618. The van der Waals surface area contributed by atoms with Crippen molar-refractivity contribution < 1.29 is 19.1 Å². The molecular weight excluding hydrogens is 396 g/mol. The van der Waals surface area contributed by atoms with Gasteiger partial charge in [-0.2, -0.15) is 0 Å². The van der Waals surface area contributed by atoms with E-state index in [-0.39, 0.29) is 48.2 Å². The fraction of sp³-hybridized carbons (Fsp3) is 0.458. The largest absolute Gasteiger partial charge is 0.483 e. The molecule has 1 aromatic heterocycles. The molecule has 0 N–H and O–H groups in total. The van der Waals surface area contributed by atoms with Crippen LogP contribution in [0.15, 0.2) is 41.3 Å². The van der Waals surface area contributed by atoms with E-state index in [0.29, 0.717) is 18.4 Å². The van der Waals surface area contributed by atoms with Crippen LogP contribution in [0.5, 0.6) is 5.75 Å². The minimum Gasteiger partial charge on any atom is -0.483 e. The van der Waals surface area contributed by atoms with Crippen LogP contribution in [-0.2, 0) is 17.9 Å². The lowest BCUT2D eigenvalue weighted by atomic mass is 9.91. The normalized spacial score (nSPS) is 25.9. The third-order valence-corrected chi connectivity index (χ3v) is 6.91. The highest BCUT2D eigenvalue weighted by atomic mass is 16.5. The number of benzene rings is 1. The van der Waals surface area contributed by atoms with Crippen LogP contribution in [-0.4, -0.2) is 40.0 Å². The zero-order valence-electron chi connectivity index (χ0n) is 17.7. The molecule has 2 fully saturated rings. The molecule has 7 heteroatoms. The molecule has 0 spiro atoms. The van der Waals surface area contributed by atoms with E-state index in [1.807, 2.05) is 35.2 Å². The van der Waals surface area contributed by atoms with Crippen molar-refractivity contribution in [2.75, 3.05) is 6.61 Å². The van der Waals surface area contributed by atoms with Crippen LogP contribution in [0, 0.1) is 11.8 Å². The molecule has 4 atom stereocenters. The molecule has 162 valence electrons. The van der Waals surface area contributed by atoms with Crippen molar-refractivity contribution in [3.05, 3.63) is 63.6 Å². The van der Waals surface area contributed by atoms with Gasteiger partial charge < -0.3 is 18.9 Å². The summed E-state index contributed by atoms with van der Waals surface area (Å²) in [6.07, 6.45) is 3.59. The average Bonchev–Trinajstić information content (AvgIpc) is 3.31. The quantitative estimate of drug-likeness (QED) is 0.693. The van der Waals surface area contributed by atoms with Gasteiger partial charge in [0.05, 0.1) is 12.6 Å². The van der Waals surface area contributed by atoms with Gasteiger partial charge in [-0.05, 0) is 37.2 Å². The first kappa shape index (κ1) is 19.8. The molecule has 1 aliphatic carbocycles. The Morgan fingerprint density at radius 1 is 1.13 bits per heavy atom. The summed E-state index contributed by atoms with van der Waals surface area (Å²) in [6, 6.07) is 9.74. The first-order valence-electron chi connectivity index (χ1n) is 10.9. The van der Waals surface area contributed by atoms with Crippen molar-refractivity contribution in [2.45, 2.75) is 51.9 Å². The summed E-state index contributed by atoms with van der Waals surface area (Å²) in [7, 11) is 0. The second-order valence-corrected chi connectivity index (χ2v) is 8.75. The Bertz CT molecular complexity index is 1090. The number of ether oxygens (including phenoxy) is 2. The highest BCUT2D eigenvalue weighted by Crippen LogP contribution is 2.48. The van der Waals surface area contributed by atoms with E-state index < -0.39 is 11.4 Å². The van der Waals surface area contributed by atoms with Gasteiger partial charge in [0.2, 0.25) is 5.43 Å². The van der Waals surface area contributed by atoms with E-state index in [9.17, 15) is 14.4 Å². The molecule has 1 amide bonds. The van der Waals surface area contributed by atoms with Crippen molar-refractivity contribution in [3.63, 3.8) is 0 Å². The molecule has 7 nitrogen and oxygen atoms in total. The third kappa shape index (κ3) is 3.14. The smallest absolute Gasteiger partial charge is 0.343 e. The lowest BCUT2D eigenvalue weighted by Crippen LogP contribution is -2.54. The van der Waals surface area contributed by atoms with Gasteiger partial charge in [0.15, 0.2) is 11.4 Å². The number of carbonyl (C=O) groups is 2. The van der Waals surface area contributed by atoms with Gasteiger partial charge in [0, 0.05) is 18.8 Å². The Labute approximate surface area is 180 Å². The predicted molar refractivity (Wildman–Crippen MR) is 113 cm³/mol. The van der Waals surface area contributed by atoms with Crippen molar-refractivity contribution >= 4 is 11.9 Å². The summed E-state index contributed by atoms with van der Waals surface area (Å²) in [5.74, 6) is -0.0184. The number of pyridine rings is 1. The van der Waals surface area contributed by atoms with E-state index in [1.165, 1.54) is 6.20 Å². The number of piperidine rings is 1. The molecule has 3 heterocycles. The molecule has 1 aromatic carbocycles. The fourth-order valence-corrected chi connectivity index (χ4v) is 5.53. The average molecular weight is 422 g/mol. The number of esters is 1. The lowest BCUT2D eigenvalue weighted by molar-refractivity contribution is 0.0388. The number of rotatable bonds is 5. The number of aromatic nitrogens is 1. The molecule has 0 radical (unpaired) electrons.